The van der Waals surface area contributed by atoms with Crippen LogP contribution in [0.4, 0.5) is 13.2 Å². The predicted octanol–water partition coefficient (Wildman–Crippen LogP) is 3.75. The zero-order valence-electron chi connectivity index (χ0n) is 12.8. The van der Waals surface area contributed by atoms with Gasteiger partial charge in [-0.1, -0.05) is 31.0 Å². The van der Waals surface area contributed by atoms with Crippen LogP contribution in [0.25, 0.3) is 0 Å². The van der Waals surface area contributed by atoms with Crippen molar-refractivity contribution in [1.82, 2.24) is 10.2 Å². The third-order valence-electron chi connectivity index (χ3n) is 4.35. The van der Waals surface area contributed by atoms with E-state index in [2.05, 4.69) is 15.0 Å². The summed E-state index contributed by atoms with van der Waals surface area (Å²) in [5, 5.41) is 3.29. The second kappa shape index (κ2) is 7.73. The van der Waals surface area contributed by atoms with E-state index in [-0.39, 0.29) is 24.2 Å². The Kier molecular flexibility index (Phi) is 6.17. The van der Waals surface area contributed by atoms with Crippen LogP contribution in [0.1, 0.15) is 30.9 Å². The molecule has 1 aliphatic heterocycles. The molecule has 2 aliphatic rings. The van der Waals surface area contributed by atoms with E-state index >= 15 is 0 Å². The van der Waals surface area contributed by atoms with E-state index in [0.29, 0.717) is 11.5 Å². The minimum atomic E-state index is -4.65. The van der Waals surface area contributed by atoms with Crippen LogP contribution in [0.2, 0.25) is 0 Å². The molecule has 1 aromatic rings. The highest BCUT2D eigenvalue weighted by atomic mass is 35.5. The van der Waals surface area contributed by atoms with Gasteiger partial charge in [0.05, 0.1) is 0 Å². The number of para-hydroxylation sites is 1. The molecule has 1 N–H and O–H groups in total. The molecule has 0 spiro atoms. The minimum Gasteiger partial charge on any atom is -0.405 e. The van der Waals surface area contributed by atoms with Crippen LogP contribution in [0.5, 0.6) is 5.75 Å². The Morgan fingerprint density at radius 2 is 1.83 bits per heavy atom. The Bertz CT molecular complexity index is 502. The number of rotatable bonds is 5. The Balaban J connectivity index is 0.00000192. The van der Waals surface area contributed by atoms with Crippen molar-refractivity contribution >= 4 is 12.4 Å². The molecule has 0 radical (unpaired) electrons. The molecule has 3 nitrogen and oxygen atoms in total. The Labute approximate surface area is 140 Å². The first-order valence-electron chi connectivity index (χ1n) is 7.82. The van der Waals surface area contributed by atoms with Gasteiger partial charge in [0.2, 0.25) is 0 Å². The topological polar surface area (TPSA) is 24.5 Å². The van der Waals surface area contributed by atoms with Gasteiger partial charge in [0, 0.05) is 37.8 Å². The van der Waals surface area contributed by atoms with E-state index in [0.717, 1.165) is 32.6 Å². The number of halogens is 4. The van der Waals surface area contributed by atoms with Gasteiger partial charge in [0.25, 0.3) is 0 Å². The number of nitrogens with one attached hydrogen (secondary N) is 1. The SMILES string of the molecule is Cl.FC(F)(F)Oc1ccccc1[C@H](CC1CC1)N1CCNCC1. The van der Waals surface area contributed by atoms with Gasteiger partial charge < -0.3 is 10.1 Å². The fourth-order valence-corrected chi connectivity index (χ4v) is 3.11. The van der Waals surface area contributed by atoms with Gasteiger partial charge in [-0.25, -0.2) is 0 Å². The van der Waals surface area contributed by atoms with Crippen LogP contribution >= 0.6 is 12.4 Å². The zero-order chi connectivity index (χ0) is 15.6. The minimum absolute atomic E-state index is 0. The lowest BCUT2D eigenvalue weighted by Crippen LogP contribution is -2.45. The van der Waals surface area contributed by atoms with Crippen LogP contribution in [0, 0.1) is 5.92 Å². The number of benzene rings is 1. The smallest absolute Gasteiger partial charge is 0.405 e. The molecule has 0 amide bonds. The molecule has 2 fully saturated rings. The van der Waals surface area contributed by atoms with Gasteiger partial charge >= 0.3 is 6.36 Å². The van der Waals surface area contributed by atoms with E-state index in [9.17, 15) is 13.2 Å². The van der Waals surface area contributed by atoms with E-state index < -0.39 is 6.36 Å². The molecule has 0 unspecified atom stereocenters. The highest BCUT2D eigenvalue weighted by molar-refractivity contribution is 5.85. The van der Waals surface area contributed by atoms with Crippen LogP contribution in [0.3, 0.4) is 0 Å². The van der Waals surface area contributed by atoms with Crippen LogP contribution < -0.4 is 10.1 Å². The third kappa shape index (κ3) is 5.26. The maximum atomic E-state index is 12.7. The Hall–Kier alpha value is -0.980. The molecular weight excluding hydrogens is 329 g/mol. The summed E-state index contributed by atoms with van der Waals surface area (Å²) < 4.78 is 42.2. The third-order valence-corrected chi connectivity index (χ3v) is 4.35. The summed E-state index contributed by atoms with van der Waals surface area (Å²) in [7, 11) is 0. The van der Waals surface area contributed by atoms with Crippen molar-refractivity contribution in [2.75, 3.05) is 26.2 Å². The maximum absolute atomic E-state index is 12.7. The summed E-state index contributed by atoms with van der Waals surface area (Å²) in [6.45, 7) is 3.47. The molecule has 1 atom stereocenters. The van der Waals surface area contributed by atoms with E-state index in [1.54, 1.807) is 18.2 Å². The highest BCUT2D eigenvalue weighted by Crippen LogP contribution is 2.43. The molecule has 0 bridgehead atoms. The Morgan fingerprint density at radius 1 is 1.17 bits per heavy atom. The van der Waals surface area contributed by atoms with E-state index in [4.69, 9.17) is 0 Å². The lowest BCUT2D eigenvalue weighted by molar-refractivity contribution is -0.275. The normalized spacial score (nSPS) is 20.7. The van der Waals surface area contributed by atoms with Crippen molar-refractivity contribution < 1.29 is 17.9 Å². The van der Waals surface area contributed by atoms with Crippen molar-refractivity contribution in [1.29, 1.82) is 0 Å². The lowest BCUT2D eigenvalue weighted by atomic mass is 9.97. The van der Waals surface area contributed by atoms with Crippen LogP contribution in [-0.2, 0) is 0 Å². The zero-order valence-corrected chi connectivity index (χ0v) is 13.6. The van der Waals surface area contributed by atoms with E-state index in [1.165, 1.54) is 18.9 Å². The van der Waals surface area contributed by atoms with Crippen molar-refractivity contribution in [3.8, 4) is 5.75 Å². The van der Waals surface area contributed by atoms with Gasteiger partial charge in [-0.3, -0.25) is 4.90 Å². The maximum Gasteiger partial charge on any atom is 0.573 e. The monoisotopic (exact) mass is 350 g/mol. The number of piperazine rings is 1. The fraction of sp³-hybridized carbons (Fsp3) is 0.625. The van der Waals surface area contributed by atoms with Crippen LogP contribution in [0.15, 0.2) is 24.3 Å². The first-order chi connectivity index (χ1) is 10.5. The summed E-state index contributed by atoms with van der Waals surface area (Å²) in [6, 6.07) is 6.59. The van der Waals surface area contributed by atoms with Gasteiger partial charge in [-0.2, -0.15) is 0 Å². The fourth-order valence-electron chi connectivity index (χ4n) is 3.11. The molecular formula is C16H22ClF3N2O. The molecule has 7 heteroatoms. The summed E-state index contributed by atoms with van der Waals surface area (Å²) >= 11 is 0. The standard InChI is InChI=1S/C16H21F3N2O.ClH/c17-16(18,19)22-15-4-2-1-3-13(15)14(11-12-5-6-12)21-9-7-20-8-10-21;/h1-4,12,14,20H,5-11H2;1H/t14-;/m0./s1. The number of hydrogen-bond acceptors (Lipinski definition) is 3. The molecule has 3 rings (SSSR count). The second-order valence-electron chi connectivity index (χ2n) is 6.07. The quantitative estimate of drug-likeness (QED) is 0.875. The van der Waals surface area contributed by atoms with E-state index in [1.807, 2.05) is 0 Å². The van der Waals surface area contributed by atoms with Gasteiger partial charge in [0.15, 0.2) is 0 Å². The average Bonchev–Trinajstić information content (AvgIpc) is 3.29. The summed E-state index contributed by atoms with van der Waals surface area (Å²) in [4.78, 5) is 2.29. The summed E-state index contributed by atoms with van der Waals surface area (Å²) in [6.07, 6.45) is -1.36. The largest absolute Gasteiger partial charge is 0.573 e. The molecule has 1 saturated carbocycles. The molecule has 23 heavy (non-hydrogen) atoms. The Morgan fingerprint density at radius 3 is 2.43 bits per heavy atom. The lowest BCUT2D eigenvalue weighted by Gasteiger charge is -2.36. The summed E-state index contributed by atoms with van der Waals surface area (Å²) in [5.74, 6) is 0.581. The van der Waals surface area contributed by atoms with Gasteiger partial charge in [-0.05, 0) is 18.4 Å². The van der Waals surface area contributed by atoms with Crippen LogP contribution in [-0.4, -0.2) is 37.4 Å². The summed E-state index contributed by atoms with van der Waals surface area (Å²) in [5.41, 5.74) is 0.661. The van der Waals surface area contributed by atoms with Crippen molar-refractivity contribution in [2.45, 2.75) is 31.7 Å². The van der Waals surface area contributed by atoms with Crippen molar-refractivity contribution in [2.24, 2.45) is 5.92 Å². The van der Waals surface area contributed by atoms with Gasteiger partial charge in [0.1, 0.15) is 5.75 Å². The van der Waals surface area contributed by atoms with Crippen molar-refractivity contribution in [3.05, 3.63) is 29.8 Å². The average molecular weight is 351 g/mol. The highest BCUT2D eigenvalue weighted by Gasteiger charge is 2.36. The first-order valence-corrected chi connectivity index (χ1v) is 7.82. The molecule has 1 saturated heterocycles. The molecule has 1 heterocycles. The molecule has 130 valence electrons. The number of nitrogens with zero attached hydrogens (tertiary/aromatic N) is 1. The number of ether oxygens (including phenoxy) is 1. The number of alkyl halides is 3. The second-order valence-corrected chi connectivity index (χ2v) is 6.07. The molecule has 1 aliphatic carbocycles. The van der Waals surface area contributed by atoms with Crippen molar-refractivity contribution in [3.63, 3.8) is 0 Å². The number of hydrogen-bond donors (Lipinski definition) is 1. The van der Waals surface area contributed by atoms with Gasteiger partial charge in [-0.15, -0.1) is 25.6 Å². The molecule has 0 aromatic heterocycles. The molecule has 1 aromatic carbocycles. The predicted molar refractivity (Wildman–Crippen MR) is 84.9 cm³/mol. The first kappa shape index (κ1) is 18.4.